The number of hydrogen-bond acceptors (Lipinski definition) is 7. The number of rotatable bonds is 6. The van der Waals surface area contributed by atoms with Gasteiger partial charge in [-0.25, -0.2) is 0 Å². The molecule has 0 N–H and O–H groups in total. The summed E-state index contributed by atoms with van der Waals surface area (Å²) in [5.41, 5.74) is 5.09. The average Bonchev–Trinajstić information content (AvgIpc) is 3.78. The number of benzene rings is 2. The zero-order valence-electron chi connectivity index (χ0n) is 22.1. The highest BCUT2D eigenvalue weighted by Crippen LogP contribution is 2.51. The molecule has 0 aliphatic carbocycles. The van der Waals surface area contributed by atoms with Gasteiger partial charge in [0.15, 0.2) is 0 Å². The van der Waals surface area contributed by atoms with Gasteiger partial charge in [-0.05, 0) is 61.4 Å². The Kier molecular flexibility index (Phi) is 6.80. The maximum atomic E-state index is 2.40. The van der Waals surface area contributed by atoms with Crippen LogP contribution in [0.3, 0.4) is 0 Å². The molecule has 0 aliphatic heterocycles. The minimum absolute atomic E-state index is 1.25. The van der Waals surface area contributed by atoms with E-state index in [4.69, 9.17) is 0 Å². The van der Waals surface area contributed by atoms with Crippen LogP contribution >= 0.6 is 79.8 Å². The van der Waals surface area contributed by atoms with Gasteiger partial charge in [-0.15, -0.1) is 68.0 Å². The fraction of sp³-hybridized carbons (Fsp3) is 0.0588. The van der Waals surface area contributed by atoms with Gasteiger partial charge in [0, 0.05) is 28.6 Å². The van der Waals surface area contributed by atoms with E-state index in [2.05, 4.69) is 111 Å². The first-order valence-electron chi connectivity index (χ1n) is 13.1. The Morgan fingerprint density at radius 1 is 0.439 bits per heavy atom. The number of hydrogen-bond donors (Lipinski definition) is 0. The SMILES string of the molecule is Cc1ccc(/C=C/c2cc3sc4cc(Sc5cc6sc7cc(/C=C/c8ccc(C)cc8)sc7c6s5)sc4c3s2)cc1. The summed E-state index contributed by atoms with van der Waals surface area (Å²) in [7, 11) is 0. The van der Waals surface area contributed by atoms with E-state index in [1.165, 1.54) is 78.0 Å². The third-order valence-electron chi connectivity index (χ3n) is 6.87. The highest BCUT2D eigenvalue weighted by Gasteiger charge is 2.16. The van der Waals surface area contributed by atoms with Crippen molar-refractivity contribution in [1.82, 2.24) is 0 Å². The summed E-state index contributed by atoms with van der Waals surface area (Å²) >= 11 is 13.5. The largest absolute Gasteiger partial charge is 0.133 e. The summed E-state index contributed by atoms with van der Waals surface area (Å²) in [6.07, 6.45) is 8.95. The van der Waals surface area contributed by atoms with Gasteiger partial charge < -0.3 is 0 Å². The van der Waals surface area contributed by atoms with E-state index in [0.717, 1.165) is 0 Å². The molecular formula is C34H22S7. The fourth-order valence-corrected chi connectivity index (χ4v) is 14.3. The van der Waals surface area contributed by atoms with Gasteiger partial charge >= 0.3 is 0 Å². The van der Waals surface area contributed by atoms with Crippen LogP contribution in [0.4, 0.5) is 0 Å². The molecule has 0 nitrogen and oxygen atoms in total. The van der Waals surface area contributed by atoms with Crippen molar-refractivity contribution in [1.29, 1.82) is 0 Å². The van der Waals surface area contributed by atoms with Crippen LogP contribution in [0.2, 0.25) is 0 Å². The van der Waals surface area contributed by atoms with Gasteiger partial charge in [0.1, 0.15) is 0 Å². The summed E-state index contributed by atoms with van der Waals surface area (Å²) in [6.45, 7) is 4.26. The van der Waals surface area contributed by atoms with Crippen molar-refractivity contribution in [3.63, 3.8) is 0 Å². The minimum atomic E-state index is 1.25. The highest BCUT2D eigenvalue weighted by atomic mass is 32.2. The van der Waals surface area contributed by atoms with Crippen molar-refractivity contribution in [3.05, 3.63) is 105 Å². The van der Waals surface area contributed by atoms with Crippen LogP contribution in [0.1, 0.15) is 32.0 Å². The average molecular weight is 655 g/mol. The predicted molar refractivity (Wildman–Crippen MR) is 195 cm³/mol. The Labute approximate surface area is 266 Å². The highest BCUT2D eigenvalue weighted by molar-refractivity contribution is 8.03. The van der Waals surface area contributed by atoms with Crippen LogP contribution in [0, 0.1) is 13.8 Å². The Morgan fingerprint density at radius 3 is 1.27 bits per heavy atom. The van der Waals surface area contributed by atoms with E-state index in [1.807, 2.05) is 79.8 Å². The van der Waals surface area contributed by atoms with Gasteiger partial charge in [-0.2, -0.15) is 0 Å². The molecule has 0 spiro atoms. The molecule has 41 heavy (non-hydrogen) atoms. The third-order valence-corrected chi connectivity index (χ3v) is 15.6. The molecule has 0 unspecified atom stereocenters. The lowest BCUT2D eigenvalue weighted by Crippen LogP contribution is -1.72. The van der Waals surface area contributed by atoms with Crippen LogP contribution in [0.25, 0.3) is 61.9 Å². The van der Waals surface area contributed by atoms with Crippen LogP contribution in [-0.4, -0.2) is 0 Å². The minimum Gasteiger partial charge on any atom is -0.133 e. The molecule has 0 amide bonds. The summed E-state index contributed by atoms with van der Waals surface area (Å²) in [4.78, 5) is 2.64. The van der Waals surface area contributed by atoms with Crippen LogP contribution < -0.4 is 0 Å². The van der Waals surface area contributed by atoms with E-state index in [0.29, 0.717) is 0 Å². The molecule has 0 saturated heterocycles. The molecule has 6 aromatic heterocycles. The molecule has 0 atom stereocenters. The van der Waals surface area contributed by atoms with Crippen molar-refractivity contribution < 1.29 is 0 Å². The van der Waals surface area contributed by atoms with E-state index >= 15 is 0 Å². The van der Waals surface area contributed by atoms with Crippen molar-refractivity contribution in [3.8, 4) is 0 Å². The Hall–Kier alpha value is -2.49. The first-order chi connectivity index (χ1) is 20.0. The maximum absolute atomic E-state index is 2.40. The Morgan fingerprint density at radius 2 is 0.829 bits per heavy atom. The summed E-state index contributed by atoms with van der Waals surface area (Å²) in [5, 5.41) is 0. The smallest absolute Gasteiger partial charge is 0.0675 e. The van der Waals surface area contributed by atoms with Crippen LogP contribution in [-0.2, 0) is 0 Å². The van der Waals surface area contributed by atoms with Crippen LogP contribution in [0.5, 0.6) is 0 Å². The van der Waals surface area contributed by atoms with Crippen molar-refractivity contribution in [2.24, 2.45) is 0 Å². The lowest BCUT2D eigenvalue weighted by atomic mass is 10.1. The summed E-state index contributed by atoms with van der Waals surface area (Å²) in [6, 6.07) is 26.9. The second kappa shape index (κ2) is 10.7. The molecule has 8 aromatic rings. The van der Waals surface area contributed by atoms with E-state index < -0.39 is 0 Å². The first kappa shape index (κ1) is 26.2. The molecule has 0 radical (unpaired) electrons. The predicted octanol–water partition coefficient (Wildman–Crippen LogP) is 13.8. The molecular weight excluding hydrogens is 633 g/mol. The quantitative estimate of drug-likeness (QED) is 0.172. The topological polar surface area (TPSA) is 0 Å². The van der Waals surface area contributed by atoms with E-state index in [1.54, 1.807) is 0 Å². The maximum Gasteiger partial charge on any atom is 0.0675 e. The number of fused-ring (bicyclic) bond motifs is 6. The van der Waals surface area contributed by atoms with Gasteiger partial charge in [-0.3, -0.25) is 0 Å². The molecule has 8 rings (SSSR count). The monoisotopic (exact) mass is 654 g/mol. The molecule has 0 fully saturated rings. The molecule has 6 heterocycles. The molecule has 0 aliphatic rings. The molecule has 0 bridgehead atoms. The van der Waals surface area contributed by atoms with Gasteiger partial charge in [0.2, 0.25) is 0 Å². The van der Waals surface area contributed by atoms with E-state index in [9.17, 15) is 0 Å². The number of thiophene rings is 6. The van der Waals surface area contributed by atoms with Crippen molar-refractivity contribution in [2.75, 3.05) is 0 Å². The lowest BCUT2D eigenvalue weighted by molar-refractivity contribution is 1.46. The molecule has 0 saturated carbocycles. The standard InChI is InChI=1S/C34H22S7/c1-19-3-7-21(8-4-19)11-13-23-15-25-31(35-23)33-27(37-25)17-29(40-33)39-30-18-28-34(41-30)32-26(38-28)16-24(36-32)14-12-22-9-5-20(2)6-10-22/h3-18H,1-2H3/b13-11+,14-12+. The van der Waals surface area contributed by atoms with Crippen LogP contribution in [0.15, 0.2) is 81.2 Å². The molecule has 200 valence electrons. The summed E-state index contributed by atoms with van der Waals surface area (Å²) < 4.78 is 14.2. The zero-order chi connectivity index (χ0) is 27.5. The fourth-order valence-electron chi connectivity index (χ4n) is 4.74. The number of aryl methyl sites for hydroxylation is 2. The Balaban J connectivity index is 1.03. The zero-order valence-corrected chi connectivity index (χ0v) is 27.8. The third kappa shape index (κ3) is 5.19. The first-order valence-corrected chi connectivity index (χ1v) is 18.8. The molecule has 7 heteroatoms. The lowest BCUT2D eigenvalue weighted by Gasteiger charge is -1.93. The van der Waals surface area contributed by atoms with E-state index in [-0.39, 0.29) is 0 Å². The molecule has 2 aromatic carbocycles. The second-order valence-electron chi connectivity index (χ2n) is 10.00. The second-order valence-corrected chi connectivity index (χ2v) is 18.0. The van der Waals surface area contributed by atoms with Crippen molar-refractivity contribution in [2.45, 2.75) is 22.3 Å². The normalized spacial score (nSPS) is 12.5. The van der Waals surface area contributed by atoms with Gasteiger partial charge in [-0.1, -0.05) is 83.6 Å². The van der Waals surface area contributed by atoms with Gasteiger partial charge in [0.25, 0.3) is 0 Å². The van der Waals surface area contributed by atoms with Crippen molar-refractivity contribution >= 4 is 142 Å². The summed E-state index contributed by atoms with van der Waals surface area (Å²) in [5.74, 6) is 0. The Bertz CT molecular complexity index is 2070. The van der Waals surface area contributed by atoms with Gasteiger partial charge in [0.05, 0.1) is 27.2 Å².